The fraction of sp³-hybridized carbons (Fsp3) is 0.360. The lowest BCUT2D eigenvalue weighted by Crippen LogP contribution is -2.35. The Kier molecular flexibility index (Phi) is 12.3. The SMILES string of the molecule is C=CC(=O)OCCOc1c(F)cc(-c2ccc(OCCOC(=O)CN(CCO)CCO)cc2)cc1F. The van der Waals surface area contributed by atoms with Crippen molar-refractivity contribution < 1.29 is 47.5 Å². The monoisotopic (exact) mass is 509 g/mol. The first kappa shape index (κ1) is 28.7. The number of carbonyl (C=O) groups excluding carboxylic acids is 2. The summed E-state index contributed by atoms with van der Waals surface area (Å²) in [5, 5.41) is 17.9. The van der Waals surface area contributed by atoms with E-state index >= 15 is 0 Å². The van der Waals surface area contributed by atoms with Crippen LogP contribution in [0.25, 0.3) is 11.1 Å². The number of ether oxygens (including phenoxy) is 4. The zero-order valence-electron chi connectivity index (χ0n) is 19.7. The minimum Gasteiger partial charge on any atom is -0.490 e. The molecule has 0 amide bonds. The van der Waals surface area contributed by atoms with Crippen LogP contribution in [0.2, 0.25) is 0 Å². The maximum Gasteiger partial charge on any atom is 0.330 e. The average molecular weight is 510 g/mol. The van der Waals surface area contributed by atoms with E-state index in [1.807, 2.05) is 0 Å². The number of halogens is 2. The summed E-state index contributed by atoms with van der Waals surface area (Å²) in [5.41, 5.74) is 0.817. The summed E-state index contributed by atoms with van der Waals surface area (Å²) < 4.78 is 49.1. The van der Waals surface area contributed by atoms with Crippen LogP contribution in [0.5, 0.6) is 11.5 Å². The molecule has 0 heterocycles. The second-order valence-electron chi connectivity index (χ2n) is 7.31. The van der Waals surface area contributed by atoms with Gasteiger partial charge in [0.25, 0.3) is 0 Å². The highest BCUT2D eigenvalue weighted by molar-refractivity contribution is 5.81. The predicted octanol–water partition coefficient (Wildman–Crippen LogP) is 1.95. The van der Waals surface area contributed by atoms with E-state index in [1.165, 1.54) is 0 Å². The van der Waals surface area contributed by atoms with E-state index in [-0.39, 0.29) is 64.8 Å². The van der Waals surface area contributed by atoms with Gasteiger partial charge in [0.2, 0.25) is 0 Å². The largest absolute Gasteiger partial charge is 0.490 e. The standard InChI is InChI=1S/C25H29F2NO8/c1-2-23(31)34-13-14-36-25-21(26)15-19(16-22(25)27)18-3-5-20(6-4-18)33-11-12-35-24(32)17-28(7-9-29)8-10-30/h2-6,15-16,29-30H,1,7-14,17H2. The minimum absolute atomic E-state index is 0.00263. The molecule has 0 saturated carbocycles. The van der Waals surface area contributed by atoms with Crippen molar-refractivity contribution in [1.29, 1.82) is 0 Å². The van der Waals surface area contributed by atoms with E-state index in [1.54, 1.807) is 29.2 Å². The molecule has 0 spiro atoms. The van der Waals surface area contributed by atoms with Crippen LogP contribution in [-0.2, 0) is 19.1 Å². The zero-order chi connectivity index (χ0) is 26.3. The predicted molar refractivity (Wildman–Crippen MR) is 126 cm³/mol. The van der Waals surface area contributed by atoms with Crippen molar-refractivity contribution >= 4 is 11.9 Å². The van der Waals surface area contributed by atoms with Gasteiger partial charge < -0.3 is 29.2 Å². The third-order valence-electron chi connectivity index (χ3n) is 4.73. The molecule has 0 aliphatic carbocycles. The molecule has 9 nitrogen and oxygen atoms in total. The van der Waals surface area contributed by atoms with Crippen LogP contribution in [0.1, 0.15) is 0 Å². The maximum absolute atomic E-state index is 14.4. The molecule has 0 aliphatic rings. The number of hydrogen-bond acceptors (Lipinski definition) is 9. The van der Waals surface area contributed by atoms with Crippen LogP contribution in [0.15, 0.2) is 49.1 Å². The maximum atomic E-state index is 14.4. The molecule has 0 saturated heterocycles. The van der Waals surface area contributed by atoms with Crippen LogP contribution >= 0.6 is 0 Å². The lowest BCUT2D eigenvalue weighted by molar-refractivity contribution is -0.146. The number of aliphatic hydroxyl groups excluding tert-OH is 2. The number of benzene rings is 2. The zero-order valence-corrected chi connectivity index (χ0v) is 19.7. The Hall–Kier alpha value is -3.54. The molecule has 0 atom stereocenters. The van der Waals surface area contributed by atoms with Gasteiger partial charge in [-0.15, -0.1) is 0 Å². The summed E-state index contributed by atoms with van der Waals surface area (Å²) in [4.78, 5) is 24.4. The van der Waals surface area contributed by atoms with Crippen molar-refractivity contribution in [3.63, 3.8) is 0 Å². The van der Waals surface area contributed by atoms with E-state index in [0.29, 0.717) is 11.3 Å². The molecule has 2 aromatic carbocycles. The summed E-state index contributed by atoms with van der Waals surface area (Å²) in [5.74, 6) is -3.09. The number of esters is 2. The number of aliphatic hydroxyl groups is 2. The molecule has 2 aromatic rings. The fourth-order valence-corrected chi connectivity index (χ4v) is 3.05. The van der Waals surface area contributed by atoms with E-state index in [4.69, 9.17) is 29.2 Å². The van der Waals surface area contributed by atoms with Crippen LogP contribution < -0.4 is 9.47 Å². The third-order valence-corrected chi connectivity index (χ3v) is 4.73. The van der Waals surface area contributed by atoms with Crippen molar-refractivity contribution in [2.45, 2.75) is 0 Å². The van der Waals surface area contributed by atoms with Crippen LogP contribution in [0.4, 0.5) is 8.78 Å². The first-order chi connectivity index (χ1) is 17.4. The van der Waals surface area contributed by atoms with Gasteiger partial charge >= 0.3 is 11.9 Å². The molecule has 0 aliphatic heterocycles. The summed E-state index contributed by atoms with van der Waals surface area (Å²) in [6.45, 7) is 3.06. The number of nitrogens with zero attached hydrogens (tertiary/aromatic N) is 1. The molecule has 0 fully saturated rings. The number of hydrogen-bond donors (Lipinski definition) is 2. The molecule has 0 aromatic heterocycles. The first-order valence-corrected chi connectivity index (χ1v) is 11.1. The van der Waals surface area contributed by atoms with Crippen LogP contribution in [0, 0.1) is 11.6 Å². The number of carbonyl (C=O) groups is 2. The minimum atomic E-state index is -0.904. The van der Waals surface area contributed by atoms with Gasteiger partial charge in [-0.1, -0.05) is 18.7 Å². The highest BCUT2D eigenvalue weighted by atomic mass is 19.1. The lowest BCUT2D eigenvalue weighted by Gasteiger charge is -2.18. The Morgan fingerprint density at radius 2 is 1.44 bits per heavy atom. The summed E-state index contributed by atoms with van der Waals surface area (Å²) >= 11 is 0. The molecule has 0 radical (unpaired) electrons. The van der Waals surface area contributed by atoms with Gasteiger partial charge in [-0.2, -0.15) is 0 Å². The van der Waals surface area contributed by atoms with Crippen molar-refractivity contribution in [2.24, 2.45) is 0 Å². The van der Waals surface area contributed by atoms with Gasteiger partial charge in [-0.25, -0.2) is 13.6 Å². The van der Waals surface area contributed by atoms with Gasteiger partial charge in [0, 0.05) is 19.2 Å². The quantitative estimate of drug-likeness (QED) is 0.199. The molecular weight excluding hydrogens is 480 g/mol. The van der Waals surface area contributed by atoms with E-state index < -0.39 is 29.3 Å². The van der Waals surface area contributed by atoms with Gasteiger partial charge in [0.1, 0.15) is 32.2 Å². The Balaban J connectivity index is 1.83. The first-order valence-electron chi connectivity index (χ1n) is 11.1. The molecule has 11 heteroatoms. The van der Waals surface area contributed by atoms with Crippen molar-refractivity contribution in [3.8, 4) is 22.6 Å². The highest BCUT2D eigenvalue weighted by Crippen LogP contribution is 2.30. The normalized spacial score (nSPS) is 10.7. The Labute approximate surface area is 207 Å². The van der Waals surface area contributed by atoms with Gasteiger partial charge in [-0.05, 0) is 35.4 Å². The molecule has 2 rings (SSSR count). The molecule has 36 heavy (non-hydrogen) atoms. The van der Waals surface area contributed by atoms with Gasteiger partial charge in [0.15, 0.2) is 17.4 Å². The van der Waals surface area contributed by atoms with Crippen molar-refractivity contribution in [3.05, 3.63) is 60.7 Å². The van der Waals surface area contributed by atoms with Crippen molar-refractivity contribution in [1.82, 2.24) is 4.90 Å². The van der Waals surface area contributed by atoms with Gasteiger partial charge in [-0.3, -0.25) is 9.69 Å². The topological polar surface area (TPSA) is 115 Å². The molecule has 2 N–H and O–H groups in total. The Bertz CT molecular complexity index is 971. The van der Waals surface area contributed by atoms with Crippen LogP contribution in [-0.4, -0.2) is 86.3 Å². The smallest absolute Gasteiger partial charge is 0.330 e. The summed E-state index contributed by atoms with van der Waals surface area (Å²) in [6, 6.07) is 8.70. The van der Waals surface area contributed by atoms with Crippen LogP contribution in [0.3, 0.4) is 0 Å². The number of rotatable bonds is 16. The Morgan fingerprint density at radius 3 is 2.03 bits per heavy atom. The third kappa shape index (κ3) is 9.61. The molecular formula is C25H29F2NO8. The molecule has 196 valence electrons. The highest BCUT2D eigenvalue weighted by Gasteiger charge is 2.14. The van der Waals surface area contributed by atoms with E-state index in [0.717, 1.165) is 18.2 Å². The lowest BCUT2D eigenvalue weighted by atomic mass is 10.0. The average Bonchev–Trinajstić information content (AvgIpc) is 2.86. The molecule has 0 unspecified atom stereocenters. The van der Waals surface area contributed by atoms with E-state index in [9.17, 15) is 18.4 Å². The van der Waals surface area contributed by atoms with E-state index in [2.05, 4.69) is 6.58 Å². The Morgan fingerprint density at radius 1 is 0.861 bits per heavy atom. The fourth-order valence-electron chi connectivity index (χ4n) is 3.05. The van der Waals surface area contributed by atoms with Gasteiger partial charge in [0.05, 0.1) is 19.8 Å². The second-order valence-corrected chi connectivity index (χ2v) is 7.31. The second kappa shape index (κ2) is 15.5. The summed E-state index contributed by atoms with van der Waals surface area (Å²) in [6.07, 6.45) is 0.970. The summed E-state index contributed by atoms with van der Waals surface area (Å²) in [7, 11) is 0. The molecule has 0 bridgehead atoms. The van der Waals surface area contributed by atoms with Crippen molar-refractivity contribution in [2.75, 3.05) is 59.3 Å².